The zero-order valence-corrected chi connectivity index (χ0v) is 8.69. The van der Waals surface area contributed by atoms with Gasteiger partial charge in [0.1, 0.15) is 0 Å². The number of hydrogen-bond acceptors (Lipinski definition) is 4. The predicted octanol–water partition coefficient (Wildman–Crippen LogP) is 1.00. The van der Waals surface area contributed by atoms with Gasteiger partial charge in [0.25, 0.3) is 5.91 Å². The van der Waals surface area contributed by atoms with Crippen LogP contribution in [0.3, 0.4) is 0 Å². The maximum atomic E-state index is 11.5. The van der Waals surface area contributed by atoms with Crippen LogP contribution in [0.25, 0.3) is 0 Å². The van der Waals surface area contributed by atoms with Crippen molar-refractivity contribution in [3.05, 3.63) is 33.9 Å². The van der Waals surface area contributed by atoms with E-state index in [4.69, 9.17) is 0 Å². The van der Waals surface area contributed by atoms with Crippen molar-refractivity contribution in [3.8, 4) is 0 Å². The zero-order chi connectivity index (χ0) is 11.7. The van der Waals surface area contributed by atoms with Gasteiger partial charge in [-0.15, -0.1) is 0 Å². The fraction of sp³-hybridized carbons (Fsp3) is 0.300. The van der Waals surface area contributed by atoms with Crippen molar-refractivity contribution >= 4 is 17.3 Å². The molecule has 1 aromatic carbocycles. The van der Waals surface area contributed by atoms with Gasteiger partial charge in [-0.25, -0.2) is 0 Å². The molecule has 1 aromatic rings. The Bertz CT molecular complexity index is 459. The molecule has 0 fully saturated rings. The molecule has 0 aromatic heterocycles. The minimum atomic E-state index is -0.802. The Hall–Kier alpha value is -2.11. The van der Waals surface area contributed by atoms with E-state index in [2.05, 4.69) is 10.6 Å². The van der Waals surface area contributed by atoms with Crippen LogP contribution < -0.4 is 10.6 Å². The molecule has 1 heterocycles. The Labute approximate surface area is 91.8 Å². The van der Waals surface area contributed by atoms with Gasteiger partial charge in [0, 0.05) is 4.92 Å². The van der Waals surface area contributed by atoms with E-state index in [0.717, 1.165) is 11.3 Å². The number of nitrogens with one attached hydrogen (secondary N) is 2. The number of hydrogen-bond donors (Lipinski definition) is 2. The van der Waals surface area contributed by atoms with Crippen molar-refractivity contribution in [3.63, 3.8) is 0 Å². The quantitative estimate of drug-likeness (QED) is 0.576. The molecule has 0 radical (unpaired) electrons. The summed E-state index contributed by atoms with van der Waals surface area (Å²) >= 11 is 0. The standard InChI is InChI=1S/C10H11N3O3/c1-6-2-3-7-8(4-6)11-9(5-13(15)16)10(14)12-7/h2-4,9,11H,5H2,1H3,(H,12,14). The van der Waals surface area contributed by atoms with E-state index in [-0.39, 0.29) is 5.91 Å². The molecule has 0 aliphatic carbocycles. The molecule has 0 saturated heterocycles. The highest BCUT2D eigenvalue weighted by molar-refractivity contribution is 6.03. The molecular weight excluding hydrogens is 210 g/mol. The van der Waals surface area contributed by atoms with Crippen LogP contribution in [0.1, 0.15) is 5.56 Å². The molecule has 6 heteroatoms. The summed E-state index contributed by atoms with van der Waals surface area (Å²) in [6.07, 6.45) is 0. The first kappa shape index (κ1) is 10.4. The number of amides is 1. The number of carbonyl (C=O) groups is 1. The van der Waals surface area contributed by atoms with Crippen LogP contribution in [0.2, 0.25) is 0 Å². The van der Waals surface area contributed by atoms with Gasteiger partial charge in [0.2, 0.25) is 6.54 Å². The van der Waals surface area contributed by atoms with E-state index >= 15 is 0 Å². The Morgan fingerprint density at radius 2 is 2.19 bits per heavy atom. The molecule has 1 amide bonds. The van der Waals surface area contributed by atoms with Crippen molar-refractivity contribution in [1.29, 1.82) is 0 Å². The normalized spacial score (nSPS) is 18.3. The lowest BCUT2D eigenvalue weighted by atomic mass is 10.1. The van der Waals surface area contributed by atoms with Gasteiger partial charge < -0.3 is 10.6 Å². The molecule has 84 valence electrons. The van der Waals surface area contributed by atoms with E-state index in [9.17, 15) is 14.9 Å². The summed E-state index contributed by atoms with van der Waals surface area (Å²) in [6, 6.07) is 4.69. The molecule has 1 atom stereocenters. The van der Waals surface area contributed by atoms with Gasteiger partial charge in [-0.2, -0.15) is 0 Å². The Morgan fingerprint density at radius 3 is 2.88 bits per heavy atom. The number of anilines is 2. The molecular formula is C10H11N3O3. The monoisotopic (exact) mass is 221 g/mol. The second kappa shape index (κ2) is 3.80. The summed E-state index contributed by atoms with van der Waals surface area (Å²) in [5.41, 5.74) is 2.42. The molecule has 1 aliphatic heterocycles. The third kappa shape index (κ3) is 1.95. The predicted molar refractivity (Wildman–Crippen MR) is 59.1 cm³/mol. The number of carbonyl (C=O) groups excluding carboxylic acids is 1. The van der Waals surface area contributed by atoms with Crippen molar-refractivity contribution in [1.82, 2.24) is 0 Å². The highest BCUT2D eigenvalue weighted by atomic mass is 16.6. The molecule has 2 rings (SSSR count). The minimum absolute atomic E-state index is 0.368. The van der Waals surface area contributed by atoms with Crippen LogP contribution in [-0.4, -0.2) is 23.4 Å². The van der Waals surface area contributed by atoms with Crippen molar-refractivity contribution in [2.24, 2.45) is 0 Å². The van der Waals surface area contributed by atoms with E-state index in [1.165, 1.54) is 0 Å². The van der Waals surface area contributed by atoms with Crippen molar-refractivity contribution in [2.45, 2.75) is 13.0 Å². The maximum Gasteiger partial charge on any atom is 0.253 e. The highest BCUT2D eigenvalue weighted by Gasteiger charge is 2.29. The number of nitrogens with zero attached hydrogens (tertiary/aromatic N) is 1. The van der Waals surface area contributed by atoms with Crippen LogP contribution in [0.4, 0.5) is 11.4 Å². The fourth-order valence-corrected chi connectivity index (χ4v) is 1.64. The average Bonchev–Trinajstić information content (AvgIpc) is 2.19. The van der Waals surface area contributed by atoms with Crippen LogP contribution in [0, 0.1) is 17.0 Å². The minimum Gasteiger partial charge on any atom is -0.367 e. The van der Waals surface area contributed by atoms with Gasteiger partial charge in [-0.05, 0) is 24.6 Å². The van der Waals surface area contributed by atoms with E-state index in [1.54, 1.807) is 6.07 Å². The zero-order valence-electron chi connectivity index (χ0n) is 8.69. The van der Waals surface area contributed by atoms with Gasteiger partial charge in [0.15, 0.2) is 6.04 Å². The number of aryl methyl sites for hydroxylation is 1. The number of benzene rings is 1. The van der Waals surface area contributed by atoms with Crippen LogP contribution in [0.5, 0.6) is 0 Å². The van der Waals surface area contributed by atoms with Gasteiger partial charge in [0.05, 0.1) is 11.4 Å². The lowest BCUT2D eigenvalue weighted by molar-refractivity contribution is -0.479. The van der Waals surface area contributed by atoms with Gasteiger partial charge >= 0.3 is 0 Å². The van der Waals surface area contributed by atoms with E-state index < -0.39 is 17.5 Å². The number of fused-ring (bicyclic) bond motifs is 1. The third-order valence-corrected chi connectivity index (χ3v) is 2.41. The molecule has 1 unspecified atom stereocenters. The molecule has 0 spiro atoms. The summed E-state index contributed by atoms with van der Waals surface area (Å²) in [6.45, 7) is 1.50. The first-order valence-electron chi connectivity index (χ1n) is 4.86. The average molecular weight is 221 g/mol. The molecule has 16 heavy (non-hydrogen) atoms. The Morgan fingerprint density at radius 1 is 1.44 bits per heavy atom. The third-order valence-electron chi connectivity index (χ3n) is 2.41. The lowest BCUT2D eigenvalue weighted by Gasteiger charge is -2.24. The second-order valence-electron chi connectivity index (χ2n) is 3.75. The summed E-state index contributed by atoms with van der Waals surface area (Å²) < 4.78 is 0. The summed E-state index contributed by atoms with van der Waals surface area (Å²) in [4.78, 5) is 21.4. The topological polar surface area (TPSA) is 84.3 Å². The van der Waals surface area contributed by atoms with E-state index in [1.807, 2.05) is 19.1 Å². The smallest absolute Gasteiger partial charge is 0.253 e. The summed E-state index contributed by atoms with van der Waals surface area (Å²) in [5.74, 6) is -0.368. The SMILES string of the molecule is Cc1ccc2c(c1)NC(C[N+](=O)[O-])C(=O)N2. The van der Waals surface area contributed by atoms with Gasteiger partial charge in [-0.3, -0.25) is 14.9 Å². The molecule has 6 nitrogen and oxygen atoms in total. The number of nitro groups is 1. The first-order chi connectivity index (χ1) is 7.56. The Balaban J connectivity index is 2.26. The molecule has 0 bridgehead atoms. The fourth-order valence-electron chi connectivity index (χ4n) is 1.64. The van der Waals surface area contributed by atoms with Crippen LogP contribution >= 0.6 is 0 Å². The molecule has 2 N–H and O–H groups in total. The molecule has 0 saturated carbocycles. The van der Waals surface area contributed by atoms with Gasteiger partial charge in [-0.1, -0.05) is 6.07 Å². The Kier molecular flexibility index (Phi) is 2.47. The summed E-state index contributed by atoms with van der Waals surface area (Å²) in [5, 5.41) is 15.9. The van der Waals surface area contributed by atoms with Crippen LogP contribution in [0.15, 0.2) is 18.2 Å². The van der Waals surface area contributed by atoms with Crippen molar-refractivity contribution in [2.75, 3.05) is 17.2 Å². The van der Waals surface area contributed by atoms with Crippen LogP contribution in [-0.2, 0) is 4.79 Å². The number of rotatable bonds is 2. The highest BCUT2D eigenvalue weighted by Crippen LogP contribution is 2.27. The lowest BCUT2D eigenvalue weighted by Crippen LogP contribution is -2.43. The second-order valence-corrected chi connectivity index (χ2v) is 3.75. The van der Waals surface area contributed by atoms with E-state index in [0.29, 0.717) is 5.69 Å². The first-order valence-corrected chi connectivity index (χ1v) is 4.86. The summed E-state index contributed by atoms with van der Waals surface area (Å²) in [7, 11) is 0. The largest absolute Gasteiger partial charge is 0.367 e. The van der Waals surface area contributed by atoms with Crippen molar-refractivity contribution < 1.29 is 9.72 Å². The molecule has 1 aliphatic rings. The maximum absolute atomic E-state index is 11.5.